The van der Waals surface area contributed by atoms with E-state index < -0.39 is 17.7 Å². The standard InChI is InChI=1S/C25H26FN3O5/c1-33-20-13-19-17(12-18(20)23(27)31)21(22(30)25(32)34-2)24(28-19)29-9-7-15(8-10-29)11-14-3-5-16(26)6-4-14/h3-6,12-13,15,28H,7-11H2,1-2H3,(H2,27,31). The quantitative estimate of drug-likeness (QED) is 0.313. The van der Waals surface area contributed by atoms with E-state index in [1.165, 1.54) is 25.3 Å². The van der Waals surface area contributed by atoms with Gasteiger partial charge < -0.3 is 25.1 Å². The van der Waals surface area contributed by atoms with Gasteiger partial charge in [0, 0.05) is 24.5 Å². The Hall–Kier alpha value is -3.88. The van der Waals surface area contributed by atoms with Crippen LogP contribution in [0, 0.1) is 11.7 Å². The summed E-state index contributed by atoms with van der Waals surface area (Å²) in [7, 11) is 2.57. The molecular formula is C25H26FN3O5. The van der Waals surface area contributed by atoms with Crippen molar-refractivity contribution in [3.8, 4) is 5.75 Å². The predicted molar refractivity (Wildman–Crippen MR) is 125 cm³/mol. The van der Waals surface area contributed by atoms with Crippen molar-refractivity contribution in [3.05, 3.63) is 58.9 Å². The summed E-state index contributed by atoms with van der Waals surface area (Å²) in [6.07, 6.45) is 2.55. The Kier molecular flexibility index (Phi) is 6.54. The first-order chi connectivity index (χ1) is 16.3. The van der Waals surface area contributed by atoms with Crippen molar-refractivity contribution in [2.45, 2.75) is 19.3 Å². The largest absolute Gasteiger partial charge is 0.496 e. The second-order valence-electron chi connectivity index (χ2n) is 8.39. The minimum Gasteiger partial charge on any atom is -0.496 e. The first kappa shape index (κ1) is 23.3. The summed E-state index contributed by atoms with van der Waals surface area (Å²) < 4.78 is 23.1. The highest BCUT2D eigenvalue weighted by Crippen LogP contribution is 2.36. The number of carbonyl (C=O) groups excluding carboxylic acids is 3. The third kappa shape index (κ3) is 4.46. The number of fused-ring (bicyclic) bond motifs is 1. The van der Waals surface area contributed by atoms with Crippen molar-refractivity contribution >= 4 is 34.4 Å². The number of amides is 1. The summed E-state index contributed by atoms with van der Waals surface area (Å²) >= 11 is 0. The number of anilines is 1. The minimum atomic E-state index is -0.996. The van der Waals surface area contributed by atoms with Crippen LogP contribution in [0.25, 0.3) is 10.9 Å². The second-order valence-corrected chi connectivity index (χ2v) is 8.39. The number of nitrogens with zero attached hydrogens (tertiary/aromatic N) is 1. The van der Waals surface area contributed by atoms with E-state index in [4.69, 9.17) is 10.5 Å². The molecule has 1 saturated heterocycles. The van der Waals surface area contributed by atoms with Crippen LogP contribution < -0.4 is 15.4 Å². The van der Waals surface area contributed by atoms with Gasteiger partial charge in [-0.2, -0.15) is 0 Å². The molecular weight excluding hydrogens is 441 g/mol. The molecule has 3 aromatic rings. The normalized spacial score (nSPS) is 14.3. The highest BCUT2D eigenvalue weighted by molar-refractivity contribution is 6.44. The molecule has 8 nitrogen and oxygen atoms in total. The van der Waals surface area contributed by atoms with Crippen LogP contribution >= 0.6 is 0 Å². The smallest absolute Gasteiger partial charge is 0.379 e. The van der Waals surface area contributed by atoms with E-state index in [2.05, 4.69) is 9.72 Å². The van der Waals surface area contributed by atoms with Gasteiger partial charge in [-0.1, -0.05) is 12.1 Å². The monoisotopic (exact) mass is 467 g/mol. The molecule has 0 spiro atoms. The van der Waals surface area contributed by atoms with E-state index in [1.807, 2.05) is 4.90 Å². The molecule has 178 valence electrons. The van der Waals surface area contributed by atoms with Crippen LogP contribution in [-0.2, 0) is 16.0 Å². The number of rotatable bonds is 7. The molecule has 0 saturated carbocycles. The molecule has 0 unspecified atom stereocenters. The number of carbonyl (C=O) groups is 3. The van der Waals surface area contributed by atoms with E-state index in [0.29, 0.717) is 35.7 Å². The predicted octanol–water partition coefficient (Wildman–Crippen LogP) is 3.23. The van der Waals surface area contributed by atoms with E-state index in [1.54, 1.807) is 18.2 Å². The van der Waals surface area contributed by atoms with Gasteiger partial charge >= 0.3 is 5.97 Å². The molecule has 1 fully saturated rings. The second kappa shape index (κ2) is 9.54. The number of nitrogens with two attached hydrogens (primary N) is 1. The molecule has 2 heterocycles. The summed E-state index contributed by atoms with van der Waals surface area (Å²) in [5.74, 6) is -1.59. The number of ketones is 1. The van der Waals surface area contributed by atoms with E-state index >= 15 is 0 Å². The fourth-order valence-corrected chi connectivity index (χ4v) is 4.55. The zero-order chi connectivity index (χ0) is 24.4. The first-order valence-corrected chi connectivity index (χ1v) is 11.0. The minimum absolute atomic E-state index is 0.109. The average Bonchev–Trinajstić information content (AvgIpc) is 3.22. The van der Waals surface area contributed by atoms with Gasteiger partial charge in [0.05, 0.1) is 30.9 Å². The van der Waals surface area contributed by atoms with Crippen molar-refractivity contribution in [2.75, 3.05) is 32.2 Å². The molecule has 1 aliphatic rings. The Morgan fingerprint density at radius 2 is 1.79 bits per heavy atom. The number of halogens is 1. The molecule has 0 atom stereocenters. The number of aromatic nitrogens is 1. The van der Waals surface area contributed by atoms with Crippen LogP contribution in [0.5, 0.6) is 5.75 Å². The topological polar surface area (TPSA) is 115 Å². The van der Waals surface area contributed by atoms with Crippen LogP contribution in [0.1, 0.15) is 39.1 Å². The van der Waals surface area contributed by atoms with E-state index in [0.717, 1.165) is 31.9 Å². The Morgan fingerprint density at radius 1 is 1.12 bits per heavy atom. The molecule has 0 aliphatic carbocycles. The van der Waals surface area contributed by atoms with Crippen LogP contribution in [0.4, 0.5) is 10.2 Å². The highest BCUT2D eigenvalue weighted by Gasteiger charge is 2.31. The Bertz CT molecular complexity index is 1240. The van der Waals surface area contributed by atoms with Gasteiger partial charge in [-0.3, -0.25) is 9.59 Å². The lowest BCUT2D eigenvalue weighted by atomic mass is 9.90. The van der Waals surface area contributed by atoms with Gasteiger partial charge in [0.15, 0.2) is 0 Å². The van der Waals surface area contributed by atoms with Crippen LogP contribution in [-0.4, -0.2) is 50.0 Å². The zero-order valence-electron chi connectivity index (χ0n) is 19.0. The molecule has 1 aliphatic heterocycles. The maximum atomic E-state index is 13.2. The number of H-pyrrole nitrogens is 1. The molecule has 1 aromatic heterocycles. The maximum Gasteiger partial charge on any atom is 0.379 e. The van der Waals surface area contributed by atoms with Gasteiger partial charge in [-0.05, 0) is 48.9 Å². The Morgan fingerprint density at radius 3 is 2.38 bits per heavy atom. The van der Waals surface area contributed by atoms with Gasteiger partial charge in [0.2, 0.25) is 0 Å². The fourth-order valence-electron chi connectivity index (χ4n) is 4.55. The summed E-state index contributed by atoms with van der Waals surface area (Å²) in [6, 6.07) is 9.59. The van der Waals surface area contributed by atoms with Gasteiger partial charge in [-0.25, -0.2) is 9.18 Å². The zero-order valence-corrected chi connectivity index (χ0v) is 19.0. The van der Waals surface area contributed by atoms with Crippen molar-refractivity contribution in [3.63, 3.8) is 0 Å². The number of hydrogen-bond donors (Lipinski definition) is 2. The number of aromatic amines is 1. The maximum absolute atomic E-state index is 13.2. The van der Waals surface area contributed by atoms with Gasteiger partial charge in [0.25, 0.3) is 11.7 Å². The number of esters is 1. The SMILES string of the molecule is COC(=O)C(=O)c1c(N2CCC(Cc3ccc(F)cc3)CC2)[nH]c2cc(OC)c(C(N)=O)cc12. The number of primary amides is 1. The van der Waals surface area contributed by atoms with Crippen molar-refractivity contribution in [1.82, 2.24) is 4.98 Å². The number of benzene rings is 2. The lowest BCUT2D eigenvalue weighted by molar-refractivity contribution is -0.135. The number of hydrogen-bond acceptors (Lipinski definition) is 6. The lowest BCUT2D eigenvalue weighted by Crippen LogP contribution is -2.35. The molecule has 0 bridgehead atoms. The third-order valence-electron chi connectivity index (χ3n) is 6.33. The number of Topliss-reactive ketones (excluding diaryl/α,β-unsaturated/α-hetero) is 1. The highest BCUT2D eigenvalue weighted by atomic mass is 19.1. The fraction of sp³-hybridized carbons (Fsp3) is 0.320. The Labute approximate surface area is 195 Å². The van der Waals surface area contributed by atoms with Crippen LogP contribution in [0.3, 0.4) is 0 Å². The summed E-state index contributed by atoms with van der Waals surface area (Å²) in [6.45, 7) is 1.31. The van der Waals surface area contributed by atoms with E-state index in [9.17, 15) is 18.8 Å². The van der Waals surface area contributed by atoms with Crippen molar-refractivity contribution in [1.29, 1.82) is 0 Å². The van der Waals surface area contributed by atoms with Crippen molar-refractivity contribution < 1.29 is 28.2 Å². The number of ether oxygens (including phenoxy) is 2. The number of nitrogens with one attached hydrogen (secondary N) is 1. The Balaban J connectivity index is 1.66. The number of methoxy groups -OCH3 is 2. The van der Waals surface area contributed by atoms with E-state index in [-0.39, 0.29) is 22.7 Å². The number of piperidine rings is 1. The molecule has 3 N–H and O–H groups in total. The van der Waals surface area contributed by atoms with Crippen LogP contribution in [0.15, 0.2) is 36.4 Å². The molecule has 9 heteroatoms. The molecule has 34 heavy (non-hydrogen) atoms. The molecule has 4 rings (SSSR count). The van der Waals surface area contributed by atoms with Crippen molar-refractivity contribution in [2.24, 2.45) is 11.7 Å². The van der Waals surface area contributed by atoms with Crippen LogP contribution in [0.2, 0.25) is 0 Å². The first-order valence-electron chi connectivity index (χ1n) is 11.0. The molecule has 2 aromatic carbocycles. The lowest BCUT2D eigenvalue weighted by Gasteiger charge is -2.33. The molecule has 1 amide bonds. The summed E-state index contributed by atoms with van der Waals surface area (Å²) in [4.78, 5) is 42.3. The van der Waals surface area contributed by atoms with Gasteiger partial charge in [-0.15, -0.1) is 0 Å². The summed E-state index contributed by atoms with van der Waals surface area (Å²) in [5, 5.41) is 0.397. The van der Waals surface area contributed by atoms with Gasteiger partial charge in [0.1, 0.15) is 17.4 Å². The average molecular weight is 467 g/mol. The summed E-state index contributed by atoms with van der Waals surface area (Å²) in [5.41, 5.74) is 7.37. The molecule has 0 radical (unpaired) electrons. The third-order valence-corrected chi connectivity index (χ3v) is 6.33.